The van der Waals surface area contributed by atoms with Crippen LogP contribution in [0.2, 0.25) is 5.02 Å². The Labute approximate surface area is 133 Å². The zero-order chi connectivity index (χ0) is 14.5. The van der Waals surface area contributed by atoms with Crippen molar-refractivity contribution < 1.29 is 4.74 Å². The minimum absolute atomic E-state index is 0.234. The topological polar surface area (TPSA) is 21.3 Å². The summed E-state index contributed by atoms with van der Waals surface area (Å²) in [5, 5.41) is 3.96. The maximum atomic E-state index is 5.98. The average Bonchev–Trinajstić information content (AvgIpc) is 2.44. The van der Waals surface area contributed by atoms with E-state index in [0.29, 0.717) is 6.61 Å². The van der Waals surface area contributed by atoms with Gasteiger partial charge in [0.2, 0.25) is 0 Å². The van der Waals surface area contributed by atoms with Gasteiger partial charge in [-0.2, -0.15) is 0 Å². The maximum absolute atomic E-state index is 5.98. The van der Waals surface area contributed by atoms with Crippen molar-refractivity contribution in [3.63, 3.8) is 0 Å². The van der Waals surface area contributed by atoms with Crippen LogP contribution in [0.4, 0.5) is 0 Å². The van der Waals surface area contributed by atoms with Crippen molar-refractivity contribution in [2.45, 2.75) is 19.6 Å². The van der Waals surface area contributed by atoms with Gasteiger partial charge in [0.05, 0.1) is 0 Å². The second-order valence-corrected chi connectivity index (χ2v) is 5.96. The van der Waals surface area contributed by atoms with E-state index in [-0.39, 0.29) is 6.04 Å². The summed E-state index contributed by atoms with van der Waals surface area (Å²) in [4.78, 5) is 0. The molecule has 0 aliphatic rings. The molecular formula is C16H17BrClNO. The highest BCUT2D eigenvalue weighted by molar-refractivity contribution is 9.10. The molecule has 0 spiro atoms. The Morgan fingerprint density at radius 3 is 2.75 bits per heavy atom. The molecular weight excluding hydrogens is 338 g/mol. The number of nitrogens with one attached hydrogen (secondary N) is 1. The fourth-order valence-electron chi connectivity index (χ4n) is 1.93. The van der Waals surface area contributed by atoms with E-state index in [1.54, 1.807) is 0 Å². The standard InChI is InChI=1S/C16H17BrClNO/c1-11(19-2)15-7-6-13(17)9-16(15)20-10-12-4-3-5-14(18)8-12/h3-9,11,19H,10H2,1-2H3. The quantitative estimate of drug-likeness (QED) is 0.819. The largest absolute Gasteiger partial charge is 0.489 e. The normalized spacial score (nSPS) is 12.2. The minimum atomic E-state index is 0.234. The molecule has 0 aromatic heterocycles. The highest BCUT2D eigenvalue weighted by atomic mass is 79.9. The average molecular weight is 355 g/mol. The van der Waals surface area contributed by atoms with Gasteiger partial charge in [0.1, 0.15) is 12.4 Å². The zero-order valence-corrected chi connectivity index (χ0v) is 13.8. The van der Waals surface area contributed by atoms with Gasteiger partial charge in [0.15, 0.2) is 0 Å². The van der Waals surface area contributed by atoms with Gasteiger partial charge >= 0.3 is 0 Å². The third-order valence-corrected chi connectivity index (χ3v) is 3.89. The van der Waals surface area contributed by atoms with Crippen molar-refractivity contribution in [1.82, 2.24) is 5.32 Å². The van der Waals surface area contributed by atoms with E-state index in [2.05, 4.69) is 34.2 Å². The van der Waals surface area contributed by atoms with E-state index in [4.69, 9.17) is 16.3 Å². The molecule has 1 N–H and O–H groups in total. The molecule has 4 heteroatoms. The molecule has 0 amide bonds. The molecule has 0 aliphatic heterocycles. The van der Waals surface area contributed by atoms with Crippen LogP contribution in [0.3, 0.4) is 0 Å². The summed E-state index contributed by atoms with van der Waals surface area (Å²) in [7, 11) is 1.94. The molecule has 2 nitrogen and oxygen atoms in total. The lowest BCUT2D eigenvalue weighted by atomic mass is 10.1. The molecule has 0 saturated heterocycles. The molecule has 1 atom stereocenters. The van der Waals surface area contributed by atoms with E-state index < -0.39 is 0 Å². The molecule has 0 radical (unpaired) electrons. The van der Waals surface area contributed by atoms with Gasteiger partial charge in [-0.05, 0) is 43.8 Å². The second kappa shape index (κ2) is 7.11. The third-order valence-electron chi connectivity index (χ3n) is 3.16. The third kappa shape index (κ3) is 3.98. The van der Waals surface area contributed by atoms with Gasteiger partial charge in [-0.25, -0.2) is 0 Å². The number of halogens is 2. The molecule has 2 rings (SSSR count). The molecule has 20 heavy (non-hydrogen) atoms. The van der Waals surface area contributed by atoms with E-state index in [9.17, 15) is 0 Å². The SMILES string of the molecule is CNC(C)c1ccc(Br)cc1OCc1cccc(Cl)c1. The predicted molar refractivity (Wildman–Crippen MR) is 87.4 cm³/mol. The van der Waals surface area contributed by atoms with Crippen LogP contribution < -0.4 is 10.1 Å². The monoisotopic (exact) mass is 353 g/mol. The Kier molecular flexibility index (Phi) is 5.46. The van der Waals surface area contributed by atoms with E-state index in [1.165, 1.54) is 0 Å². The number of hydrogen-bond donors (Lipinski definition) is 1. The lowest BCUT2D eigenvalue weighted by Crippen LogP contribution is -2.13. The first kappa shape index (κ1) is 15.4. The summed E-state index contributed by atoms with van der Waals surface area (Å²) in [6.07, 6.45) is 0. The lowest BCUT2D eigenvalue weighted by molar-refractivity contribution is 0.300. The first-order valence-electron chi connectivity index (χ1n) is 6.44. The van der Waals surface area contributed by atoms with Gasteiger partial charge < -0.3 is 10.1 Å². The molecule has 0 aliphatic carbocycles. The number of ether oxygens (including phenoxy) is 1. The predicted octanol–water partition coefficient (Wildman–Crippen LogP) is 4.96. The van der Waals surface area contributed by atoms with E-state index >= 15 is 0 Å². The minimum Gasteiger partial charge on any atom is -0.489 e. The van der Waals surface area contributed by atoms with Crippen LogP contribution >= 0.6 is 27.5 Å². The Morgan fingerprint density at radius 2 is 2.05 bits per heavy atom. The highest BCUT2D eigenvalue weighted by Crippen LogP contribution is 2.29. The summed E-state index contributed by atoms with van der Waals surface area (Å²) >= 11 is 9.47. The van der Waals surface area contributed by atoms with Crippen LogP contribution in [0.5, 0.6) is 5.75 Å². The van der Waals surface area contributed by atoms with Crippen LogP contribution in [0.25, 0.3) is 0 Å². The summed E-state index contributed by atoms with van der Waals surface area (Å²) in [6, 6.07) is 14.0. The molecule has 1 unspecified atom stereocenters. The van der Waals surface area contributed by atoms with Gasteiger partial charge in [-0.3, -0.25) is 0 Å². The van der Waals surface area contributed by atoms with Gasteiger partial charge in [-0.15, -0.1) is 0 Å². The second-order valence-electron chi connectivity index (χ2n) is 4.61. The van der Waals surface area contributed by atoms with Crippen molar-refractivity contribution in [2.75, 3.05) is 7.05 Å². The lowest BCUT2D eigenvalue weighted by Gasteiger charge is -2.17. The van der Waals surface area contributed by atoms with Crippen LogP contribution in [-0.4, -0.2) is 7.05 Å². The summed E-state index contributed by atoms with van der Waals surface area (Å²) in [5.41, 5.74) is 2.19. The van der Waals surface area contributed by atoms with Crippen molar-refractivity contribution >= 4 is 27.5 Å². The fraction of sp³-hybridized carbons (Fsp3) is 0.250. The van der Waals surface area contributed by atoms with Crippen molar-refractivity contribution in [3.8, 4) is 5.75 Å². The van der Waals surface area contributed by atoms with Gasteiger partial charge in [0.25, 0.3) is 0 Å². The molecule has 0 fully saturated rings. The summed E-state index contributed by atoms with van der Waals surface area (Å²) in [6.45, 7) is 2.61. The number of benzene rings is 2. The zero-order valence-electron chi connectivity index (χ0n) is 11.5. The Hall–Kier alpha value is -1.03. The van der Waals surface area contributed by atoms with Crippen LogP contribution in [0.1, 0.15) is 24.1 Å². The Morgan fingerprint density at radius 1 is 1.25 bits per heavy atom. The molecule has 0 saturated carbocycles. The van der Waals surface area contributed by atoms with Crippen LogP contribution in [-0.2, 0) is 6.61 Å². The summed E-state index contributed by atoms with van der Waals surface area (Å²) in [5.74, 6) is 0.876. The first-order valence-corrected chi connectivity index (χ1v) is 7.61. The number of hydrogen-bond acceptors (Lipinski definition) is 2. The van der Waals surface area contributed by atoms with Gasteiger partial charge in [-0.1, -0.05) is 45.7 Å². The molecule has 0 bridgehead atoms. The molecule has 2 aromatic carbocycles. The first-order chi connectivity index (χ1) is 9.60. The Balaban J connectivity index is 2.18. The van der Waals surface area contributed by atoms with Gasteiger partial charge in [0, 0.05) is 21.1 Å². The number of rotatable bonds is 5. The van der Waals surface area contributed by atoms with Crippen LogP contribution in [0.15, 0.2) is 46.9 Å². The van der Waals surface area contributed by atoms with Crippen molar-refractivity contribution in [3.05, 3.63) is 63.1 Å². The van der Waals surface area contributed by atoms with Crippen LogP contribution in [0, 0.1) is 0 Å². The molecule has 106 valence electrons. The van der Waals surface area contributed by atoms with Crippen molar-refractivity contribution in [2.24, 2.45) is 0 Å². The van der Waals surface area contributed by atoms with E-state index in [0.717, 1.165) is 26.4 Å². The Bertz CT molecular complexity index is 588. The molecule has 0 heterocycles. The van der Waals surface area contributed by atoms with E-state index in [1.807, 2.05) is 43.4 Å². The van der Waals surface area contributed by atoms with Crippen molar-refractivity contribution in [1.29, 1.82) is 0 Å². The summed E-state index contributed by atoms with van der Waals surface area (Å²) < 4.78 is 6.96. The molecule has 2 aromatic rings. The maximum Gasteiger partial charge on any atom is 0.125 e. The smallest absolute Gasteiger partial charge is 0.125 e. The highest BCUT2D eigenvalue weighted by Gasteiger charge is 2.10. The fourth-order valence-corrected chi connectivity index (χ4v) is 2.49.